The van der Waals surface area contributed by atoms with Gasteiger partial charge in [-0.15, -0.1) is 0 Å². The smallest absolute Gasteiger partial charge is 0.123 e. The van der Waals surface area contributed by atoms with Gasteiger partial charge < -0.3 is 4.74 Å². The van der Waals surface area contributed by atoms with Crippen molar-refractivity contribution in [1.82, 2.24) is 0 Å². The van der Waals surface area contributed by atoms with Crippen LogP contribution in [0, 0.1) is 11.3 Å². The molecule has 0 N–H and O–H groups in total. The van der Waals surface area contributed by atoms with Crippen molar-refractivity contribution in [2.45, 2.75) is 32.6 Å². The molecule has 1 aromatic rings. The standard InChI is InChI=1S/C13H17NO/c1-2-3-6-11-15-13-8-5-4-7-12(13)9-10-14/h4-5,7-8H,2-3,6,9,11H2,1H3. The number of nitrogens with zero attached hydrogens (tertiary/aromatic N) is 1. The number of rotatable bonds is 6. The van der Waals surface area contributed by atoms with Crippen LogP contribution in [0.25, 0.3) is 0 Å². The minimum Gasteiger partial charge on any atom is -0.493 e. The summed E-state index contributed by atoms with van der Waals surface area (Å²) in [6.07, 6.45) is 3.89. The molecule has 1 rings (SSSR count). The van der Waals surface area contributed by atoms with Crippen molar-refractivity contribution in [2.24, 2.45) is 0 Å². The first-order valence-electron chi connectivity index (χ1n) is 5.46. The van der Waals surface area contributed by atoms with Crippen LogP contribution in [0.1, 0.15) is 31.7 Å². The topological polar surface area (TPSA) is 33.0 Å². The van der Waals surface area contributed by atoms with Gasteiger partial charge in [0.1, 0.15) is 5.75 Å². The molecule has 0 amide bonds. The minimum absolute atomic E-state index is 0.421. The lowest BCUT2D eigenvalue weighted by atomic mass is 10.1. The second kappa shape index (κ2) is 6.89. The van der Waals surface area contributed by atoms with Crippen molar-refractivity contribution in [3.05, 3.63) is 29.8 Å². The van der Waals surface area contributed by atoms with Gasteiger partial charge >= 0.3 is 0 Å². The molecule has 0 heterocycles. The molecule has 0 saturated heterocycles. The van der Waals surface area contributed by atoms with E-state index in [0.29, 0.717) is 6.42 Å². The molecule has 0 aliphatic carbocycles. The SMILES string of the molecule is CCCCCOc1ccccc1CC#N. The van der Waals surface area contributed by atoms with Gasteiger partial charge in [-0.2, -0.15) is 5.26 Å². The van der Waals surface area contributed by atoms with E-state index >= 15 is 0 Å². The van der Waals surface area contributed by atoms with Crippen LogP contribution in [-0.4, -0.2) is 6.61 Å². The van der Waals surface area contributed by atoms with E-state index in [4.69, 9.17) is 10.00 Å². The monoisotopic (exact) mass is 203 g/mol. The average molecular weight is 203 g/mol. The van der Waals surface area contributed by atoms with Crippen LogP contribution >= 0.6 is 0 Å². The first-order chi connectivity index (χ1) is 7.38. The Morgan fingerprint density at radius 1 is 1.27 bits per heavy atom. The first kappa shape index (κ1) is 11.6. The summed E-state index contributed by atoms with van der Waals surface area (Å²) >= 11 is 0. The summed E-state index contributed by atoms with van der Waals surface area (Å²) in [6, 6.07) is 9.89. The minimum atomic E-state index is 0.421. The van der Waals surface area contributed by atoms with Gasteiger partial charge in [0.25, 0.3) is 0 Å². The molecule has 0 aliphatic rings. The fourth-order valence-electron chi connectivity index (χ4n) is 1.41. The molecule has 0 spiro atoms. The normalized spacial score (nSPS) is 9.60. The van der Waals surface area contributed by atoms with Crippen molar-refractivity contribution in [1.29, 1.82) is 5.26 Å². The molecule has 0 aromatic heterocycles. The number of unbranched alkanes of at least 4 members (excludes halogenated alkanes) is 2. The maximum absolute atomic E-state index is 8.65. The number of nitriles is 1. The number of benzene rings is 1. The van der Waals surface area contributed by atoms with E-state index < -0.39 is 0 Å². The van der Waals surface area contributed by atoms with Crippen LogP contribution in [0.2, 0.25) is 0 Å². The van der Waals surface area contributed by atoms with Crippen LogP contribution in [0.3, 0.4) is 0 Å². The number of hydrogen-bond acceptors (Lipinski definition) is 2. The van der Waals surface area contributed by atoms with Gasteiger partial charge in [-0.1, -0.05) is 38.0 Å². The molecule has 2 heteroatoms. The fourth-order valence-corrected chi connectivity index (χ4v) is 1.41. The number of hydrogen-bond donors (Lipinski definition) is 0. The highest BCUT2D eigenvalue weighted by Gasteiger charge is 2.01. The van der Waals surface area contributed by atoms with E-state index in [1.165, 1.54) is 12.8 Å². The summed E-state index contributed by atoms with van der Waals surface area (Å²) in [6.45, 7) is 2.92. The Hall–Kier alpha value is -1.49. The second-order valence-corrected chi connectivity index (χ2v) is 3.50. The van der Waals surface area contributed by atoms with E-state index in [9.17, 15) is 0 Å². The van der Waals surface area contributed by atoms with Crippen molar-refractivity contribution in [3.63, 3.8) is 0 Å². The molecule has 1 aromatic carbocycles. The molecule has 0 atom stereocenters. The number of ether oxygens (including phenoxy) is 1. The molecule has 0 saturated carbocycles. The van der Waals surface area contributed by atoms with Gasteiger partial charge in [-0.3, -0.25) is 0 Å². The molecule has 0 bridgehead atoms. The van der Waals surface area contributed by atoms with Crippen LogP contribution in [0.15, 0.2) is 24.3 Å². The Kier molecular flexibility index (Phi) is 5.32. The van der Waals surface area contributed by atoms with Gasteiger partial charge in [0.15, 0.2) is 0 Å². The molecular formula is C13H17NO. The molecule has 0 fully saturated rings. The highest BCUT2D eigenvalue weighted by Crippen LogP contribution is 2.18. The lowest BCUT2D eigenvalue weighted by molar-refractivity contribution is 0.304. The van der Waals surface area contributed by atoms with E-state index in [1.54, 1.807) is 0 Å². The Balaban J connectivity index is 2.48. The zero-order chi connectivity index (χ0) is 10.9. The van der Waals surface area contributed by atoms with Crippen molar-refractivity contribution in [2.75, 3.05) is 6.61 Å². The summed E-state index contributed by atoms with van der Waals surface area (Å²) in [5.41, 5.74) is 0.983. The predicted octanol–water partition coefficient (Wildman–Crippen LogP) is 3.32. The van der Waals surface area contributed by atoms with Crippen LogP contribution in [-0.2, 0) is 6.42 Å². The van der Waals surface area contributed by atoms with Crippen LogP contribution < -0.4 is 4.74 Å². The van der Waals surface area contributed by atoms with Crippen LogP contribution in [0.5, 0.6) is 5.75 Å². The zero-order valence-corrected chi connectivity index (χ0v) is 9.20. The summed E-state index contributed by atoms with van der Waals surface area (Å²) in [4.78, 5) is 0. The Labute approximate surface area is 91.5 Å². The van der Waals surface area contributed by atoms with Crippen LogP contribution in [0.4, 0.5) is 0 Å². The fraction of sp³-hybridized carbons (Fsp3) is 0.462. The summed E-state index contributed by atoms with van der Waals surface area (Å²) in [5, 5.41) is 8.65. The molecule has 15 heavy (non-hydrogen) atoms. The van der Waals surface area contributed by atoms with Crippen molar-refractivity contribution in [3.8, 4) is 11.8 Å². The highest BCUT2D eigenvalue weighted by molar-refractivity contribution is 5.35. The molecule has 0 aliphatic heterocycles. The third-order valence-corrected chi connectivity index (χ3v) is 2.25. The molecule has 2 nitrogen and oxygen atoms in total. The first-order valence-corrected chi connectivity index (χ1v) is 5.46. The Morgan fingerprint density at radius 2 is 2.07 bits per heavy atom. The molecule has 80 valence electrons. The van der Waals surface area contributed by atoms with Gasteiger partial charge in [-0.05, 0) is 12.5 Å². The number of para-hydroxylation sites is 1. The molecule has 0 radical (unpaired) electrons. The Bertz CT molecular complexity index is 328. The third-order valence-electron chi connectivity index (χ3n) is 2.25. The highest BCUT2D eigenvalue weighted by atomic mass is 16.5. The maximum Gasteiger partial charge on any atom is 0.123 e. The van der Waals surface area contributed by atoms with Gasteiger partial charge in [-0.25, -0.2) is 0 Å². The summed E-state index contributed by atoms with van der Waals surface area (Å²) in [7, 11) is 0. The zero-order valence-electron chi connectivity index (χ0n) is 9.20. The van der Waals surface area contributed by atoms with E-state index in [0.717, 1.165) is 24.3 Å². The van der Waals surface area contributed by atoms with E-state index in [-0.39, 0.29) is 0 Å². The van der Waals surface area contributed by atoms with Gasteiger partial charge in [0.05, 0.1) is 19.1 Å². The van der Waals surface area contributed by atoms with Gasteiger partial charge in [0, 0.05) is 5.56 Å². The second-order valence-electron chi connectivity index (χ2n) is 3.50. The average Bonchev–Trinajstić information content (AvgIpc) is 2.27. The summed E-state index contributed by atoms with van der Waals surface area (Å²) in [5.74, 6) is 0.857. The molecule has 0 unspecified atom stereocenters. The third kappa shape index (κ3) is 4.03. The molecular weight excluding hydrogens is 186 g/mol. The maximum atomic E-state index is 8.65. The lowest BCUT2D eigenvalue weighted by Gasteiger charge is -2.08. The quantitative estimate of drug-likeness (QED) is 0.664. The summed E-state index contributed by atoms with van der Waals surface area (Å²) < 4.78 is 5.64. The Morgan fingerprint density at radius 3 is 2.80 bits per heavy atom. The largest absolute Gasteiger partial charge is 0.493 e. The van der Waals surface area contributed by atoms with E-state index in [2.05, 4.69) is 13.0 Å². The van der Waals surface area contributed by atoms with E-state index in [1.807, 2.05) is 24.3 Å². The van der Waals surface area contributed by atoms with Gasteiger partial charge in [0.2, 0.25) is 0 Å². The van der Waals surface area contributed by atoms with Crippen molar-refractivity contribution < 1.29 is 4.74 Å². The van der Waals surface area contributed by atoms with Crippen molar-refractivity contribution >= 4 is 0 Å². The predicted molar refractivity (Wildman–Crippen MR) is 60.8 cm³/mol. The lowest BCUT2D eigenvalue weighted by Crippen LogP contribution is -1.99.